The molecule has 2 fully saturated rings. The van der Waals surface area contributed by atoms with Crippen molar-refractivity contribution in [3.05, 3.63) is 48.1 Å². The Morgan fingerprint density at radius 1 is 1.20 bits per heavy atom. The Balaban J connectivity index is 2.33. The lowest BCUT2D eigenvalue weighted by Gasteiger charge is -2.34. The average molecular weight is 348 g/mol. The molecule has 1 saturated carbocycles. The summed E-state index contributed by atoms with van der Waals surface area (Å²) < 4.78 is 5.31. The molecule has 1 aliphatic heterocycles. The predicted molar refractivity (Wildman–Crippen MR) is 95.6 cm³/mol. The van der Waals surface area contributed by atoms with Gasteiger partial charge in [0, 0.05) is 17.4 Å². The summed E-state index contributed by atoms with van der Waals surface area (Å²) in [5.41, 5.74) is 0.874. The molecule has 3 N–H and O–H groups in total. The van der Waals surface area contributed by atoms with Crippen molar-refractivity contribution in [3.63, 3.8) is 0 Å². The van der Waals surface area contributed by atoms with E-state index in [1.807, 2.05) is 0 Å². The molecule has 2 rings (SSSR count). The molecule has 4 atom stereocenters. The monoisotopic (exact) mass is 348 g/mol. The van der Waals surface area contributed by atoms with Crippen LogP contribution in [0.25, 0.3) is 0 Å². The first-order chi connectivity index (χ1) is 11.6. The van der Waals surface area contributed by atoms with Gasteiger partial charge in [-0.05, 0) is 38.7 Å². The maximum Gasteiger partial charge on any atom is 0.334 e. The van der Waals surface area contributed by atoms with Crippen LogP contribution in [0, 0.1) is 11.8 Å². The number of aliphatic hydroxyl groups excluding tert-OH is 2. The first-order valence-electron chi connectivity index (χ1n) is 8.60. The van der Waals surface area contributed by atoms with E-state index in [4.69, 9.17) is 4.74 Å². The Morgan fingerprint density at radius 3 is 2.52 bits per heavy atom. The lowest BCUT2D eigenvalue weighted by Crippen LogP contribution is -2.35. The third-order valence-corrected chi connectivity index (χ3v) is 4.85. The van der Waals surface area contributed by atoms with Crippen LogP contribution in [0.4, 0.5) is 0 Å². The van der Waals surface area contributed by atoms with E-state index in [2.05, 4.69) is 13.2 Å². The van der Waals surface area contributed by atoms with E-state index in [9.17, 15) is 20.1 Å². The molecule has 1 saturated heterocycles. The van der Waals surface area contributed by atoms with Gasteiger partial charge < -0.3 is 20.1 Å². The zero-order chi connectivity index (χ0) is 18.8. The second kappa shape index (κ2) is 7.68. The van der Waals surface area contributed by atoms with Gasteiger partial charge in [0.25, 0.3) is 0 Å². The molecule has 5 heteroatoms. The highest BCUT2D eigenvalue weighted by Gasteiger charge is 2.38. The number of carbonyl (C=O) groups excluding carboxylic acids is 1. The molecule has 0 spiro atoms. The van der Waals surface area contributed by atoms with Crippen LogP contribution in [0.1, 0.15) is 33.1 Å². The summed E-state index contributed by atoms with van der Waals surface area (Å²) in [6.45, 7) is 11.5. The molecular weight excluding hydrogens is 320 g/mol. The van der Waals surface area contributed by atoms with Gasteiger partial charge in [-0.15, -0.1) is 0 Å². The van der Waals surface area contributed by atoms with Crippen molar-refractivity contribution < 1.29 is 24.9 Å². The number of cyclic esters (lactones) is 1. The van der Waals surface area contributed by atoms with E-state index in [-0.39, 0.29) is 30.8 Å². The minimum atomic E-state index is -0.990. The number of aliphatic hydroxyl groups is 3. The van der Waals surface area contributed by atoms with Gasteiger partial charge in [0.15, 0.2) is 0 Å². The van der Waals surface area contributed by atoms with E-state index in [1.165, 1.54) is 0 Å². The van der Waals surface area contributed by atoms with Crippen molar-refractivity contribution in [1.82, 2.24) is 0 Å². The number of allylic oxidation sites excluding steroid dienone is 2. The molecule has 0 aromatic heterocycles. The third kappa shape index (κ3) is 4.91. The standard InChI is InChI=1S/C20H28O5/c1-12-7-8-14-15(6-5-9-20(3,4)24)19(23)25-11-16(14)13(2)10-17(21)18(12)22/h5-6,9,14,16-18,21-22,24H,1-2,7-8,10-11H2,3-4H3/b9-5+,15-6?/t14-,16+,17-,18-/m1/s1. The Kier molecular flexibility index (Phi) is 6.03. The maximum absolute atomic E-state index is 12.3. The van der Waals surface area contributed by atoms with Gasteiger partial charge in [0.1, 0.15) is 6.10 Å². The van der Waals surface area contributed by atoms with Crippen LogP contribution < -0.4 is 0 Å². The fourth-order valence-electron chi connectivity index (χ4n) is 3.36. The largest absolute Gasteiger partial charge is 0.462 e. The van der Waals surface area contributed by atoms with Crippen molar-refractivity contribution >= 4 is 5.97 Å². The highest BCUT2D eigenvalue weighted by molar-refractivity contribution is 5.90. The summed E-state index contributed by atoms with van der Waals surface area (Å²) in [5, 5.41) is 30.1. The summed E-state index contributed by atoms with van der Waals surface area (Å²) in [6, 6.07) is 0. The summed E-state index contributed by atoms with van der Waals surface area (Å²) in [7, 11) is 0. The topological polar surface area (TPSA) is 87.0 Å². The van der Waals surface area contributed by atoms with E-state index in [1.54, 1.807) is 32.1 Å². The number of hydrogen-bond acceptors (Lipinski definition) is 5. The van der Waals surface area contributed by atoms with Crippen molar-refractivity contribution in [2.24, 2.45) is 11.8 Å². The van der Waals surface area contributed by atoms with E-state index >= 15 is 0 Å². The van der Waals surface area contributed by atoms with Gasteiger partial charge in [-0.1, -0.05) is 37.0 Å². The number of fused-ring (bicyclic) bond motifs is 1. The molecule has 0 bridgehead atoms. The smallest absolute Gasteiger partial charge is 0.334 e. The van der Waals surface area contributed by atoms with Crippen LogP contribution in [0.5, 0.6) is 0 Å². The van der Waals surface area contributed by atoms with E-state index in [0.29, 0.717) is 24.0 Å². The Bertz CT molecular complexity index is 608. The number of esters is 1. The van der Waals surface area contributed by atoms with Gasteiger partial charge in [-0.3, -0.25) is 0 Å². The zero-order valence-corrected chi connectivity index (χ0v) is 14.9. The average Bonchev–Trinajstić information content (AvgIpc) is 2.54. The second-order valence-corrected chi connectivity index (χ2v) is 7.52. The van der Waals surface area contributed by atoms with Gasteiger partial charge in [-0.25, -0.2) is 4.79 Å². The lowest BCUT2D eigenvalue weighted by atomic mass is 9.76. The summed E-state index contributed by atoms with van der Waals surface area (Å²) >= 11 is 0. The molecule has 138 valence electrons. The Morgan fingerprint density at radius 2 is 1.88 bits per heavy atom. The van der Waals surface area contributed by atoms with Crippen molar-refractivity contribution in [1.29, 1.82) is 0 Å². The first-order valence-corrected chi connectivity index (χ1v) is 8.60. The zero-order valence-electron chi connectivity index (χ0n) is 14.9. The third-order valence-electron chi connectivity index (χ3n) is 4.85. The van der Waals surface area contributed by atoms with Crippen LogP contribution in [0.15, 0.2) is 48.1 Å². The van der Waals surface area contributed by atoms with Crippen LogP contribution in [0.3, 0.4) is 0 Å². The molecule has 1 heterocycles. The number of rotatable bonds is 2. The summed E-state index contributed by atoms with van der Waals surface area (Å²) in [5.74, 6) is -0.595. The van der Waals surface area contributed by atoms with Gasteiger partial charge in [0.05, 0.1) is 18.3 Å². The highest BCUT2D eigenvalue weighted by Crippen LogP contribution is 2.39. The van der Waals surface area contributed by atoms with Gasteiger partial charge in [-0.2, -0.15) is 0 Å². The van der Waals surface area contributed by atoms with Crippen LogP contribution in [-0.4, -0.2) is 45.7 Å². The second-order valence-electron chi connectivity index (χ2n) is 7.52. The molecule has 0 unspecified atom stereocenters. The van der Waals surface area contributed by atoms with E-state index < -0.39 is 17.8 Å². The molecular formula is C20H28O5. The summed E-state index contributed by atoms with van der Waals surface area (Å²) in [6.07, 6.45) is 4.37. The first kappa shape index (κ1) is 19.6. The van der Waals surface area contributed by atoms with Gasteiger partial charge >= 0.3 is 5.97 Å². The molecule has 0 aromatic rings. The minimum absolute atomic E-state index is 0.104. The van der Waals surface area contributed by atoms with Crippen LogP contribution in [-0.2, 0) is 9.53 Å². The molecule has 0 aromatic carbocycles. The van der Waals surface area contributed by atoms with Crippen LogP contribution in [0.2, 0.25) is 0 Å². The van der Waals surface area contributed by atoms with Crippen molar-refractivity contribution in [3.8, 4) is 0 Å². The van der Waals surface area contributed by atoms with Crippen molar-refractivity contribution in [2.45, 2.75) is 50.9 Å². The number of ether oxygens (including phenoxy) is 1. The fourth-order valence-corrected chi connectivity index (χ4v) is 3.36. The van der Waals surface area contributed by atoms with Gasteiger partial charge in [0.2, 0.25) is 0 Å². The maximum atomic E-state index is 12.3. The minimum Gasteiger partial charge on any atom is -0.462 e. The quantitative estimate of drug-likeness (QED) is 0.404. The van der Waals surface area contributed by atoms with Crippen LogP contribution >= 0.6 is 0 Å². The molecule has 25 heavy (non-hydrogen) atoms. The normalized spacial score (nSPS) is 33.6. The molecule has 0 radical (unpaired) electrons. The number of carbonyl (C=O) groups is 1. The molecule has 0 amide bonds. The summed E-state index contributed by atoms with van der Waals surface area (Å²) in [4.78, 5) is 12.3. The lowest BCUT2D eigenvalue weighted by molar-refractivity contribution is -0.144. The number of hydrogen-bond donors (Lipinski definition) is 3. The van der Waals surface area contributed by atoms with Crippen molar-refractivity contribution in [2.75, 3.05) is 6.61 Å². The highest BCUT2D eigenvalue weighted by atomic mass is 16.5. The predicted octanol–water partition coefficient (Wildman–Crippen LogP) is 2.05. The fraction of sp³-hybridized carbons (Fsp3) is 0.550. The molecule has 2 aliphatic rings. The SMILES string of the molecule is C=C1CC[C@@H]2C(=C/C=C/C(C)(C)O)C(=O)OC[C@H]2C(=C)C[C@@H](O)[C@@H]1O. The Hall–Kier alpha value is -1.69. The Labute approximate surface area is 149 Å². The van der Waals surface area contributed by atoms with E-state index in [0.717, 1.165) is 5.57 Å². The molecule has 5 nitrogen and oxygen atoms in total. The molecule has 1 aliphatic carbocycles.